The fourth-order valence-electron chi connectivity index (χ4n) is 4.96. The largest absolute Gasteiger partial charge is 0.268 e. The summed E-state index contributed by atoms with van der Waals surface area (Å²) in [4.78, 5) is 52.6. The molecule has 0 atom stereocenters. The molecule has 4 aromatic rings. The normalized spacial score (nSPS) is 14.5. The summed E-state index contributed by atoms with van der Waals surface area (Å²) < 4.78 is 27.7. The average molecular weight is 784 g/mol. The zero-order valence-corrected chi connectivity index (χ0v) is 28.3. The zero-order chi connectivity index (χ0) is 32.9. The third-order valence-electron chi connectivity index (χ3n) is 6.91. The van der Waals surface area contributed by atoms with Gasteiger partial charge in [-0.3, -0.25) is 19.2 Å². The van der Waals surface area contributed by atoms with E-state index in [-0.39, 0.29) is 53.7 Å². The predicted molar refractivity (Wildman–Crippen MR) is 174 cm³/mol. The number of carbonyl (C=O) groups excluding carboxylic acids is 4. The molecule has 0 spiro atoms. The second-order valence-corrected chi connectivity index (χ2v) is 14.5. The number of carbonyl (C=O) groups is 4. The number of benzene rings is 4. The number of fused-ring (bicyclic) bond motifs is 2. The molecule has 8 nitrogen and oxygen atoms in total. The molecular formula is C28H8Cl8N2O6S. The van der Waals surface area contributed by atoms with Crippen LogP contribution in [-0.2, 0) is 9.84 Å². The molecular weight excluding hydrogens is 776 g/mol. The first kappa shape index (κ1) is 32.4. The Morgan fingerprint density at radius 1 is 0.444 bits per heavy atom. The van der Waals surface area contributed by atoms with E-state index in [2.05, 4.69) is 0 Å². The Kier molecular flexibility index (Phi) is 8.13. The van der Waals surface area contributed by atoms with Crippen LogP contribution in [0.15, 0.2) is 58.3 Å². The SMILES string of the molecule is O=C1c2ccc(Cl)c(Cl)c2C(=O)N1c1cc(Cl)c(S(=O)(=O)c2c(Cl)cc(N3C(=O)c4ccc(Cl)c(Cl)c4C3=O)cc2Cl)c(Cl)c1. The minimum atomic E-state index is -4.71. The van der Waals surface area contributed by atoms with Crippen LogP contribution in [0.25, 0.3) is 0 Å². The van der Waals surface area contributed by atoms with E-state index in [4.69, 9.17) is 92.8 Å². The lowest BCUT2D eigenvalue weighted by Crippen LogP contribution is -2.29. The van der Waals surface area contributed by atoms with Crippen molar-refractivity contribution in [2.75, 3.05) is 9.80 Å². The molecule has 4 amide bonds. The molecule has 0 bridgehead atoms. The number of anilines is 2. The lowest BCUT2D eigenvalue weighted by molar-refractivity contribution is 0.0910. The molecule has 228 valence electrons. The van der Waals surface area contributed by atoms with Gasteiger partial charge in [0.05, 0.1) is 73.8 Å². The van der Waals surface area contributed by atoms with Crippen LogP contribution >= 0.6 is 92.8 Å². The number of nitrogens with zero attached hydrogens (tertiary/aromatic N) is 2. The van der Waals surface area contributed by atoms with Gasteiger partial charge in [0.15, 0.2) is 0 Å². The summed E-state index contributed by atoms with van der Waals surface area (Å²) in [6, 6.07) is 9.53. The molecule has 0 radical (unpaired) electrons. The minimum absolute atomic E-state index is 0.0274. The summed E-state index contributed by atoms with van der Waals surface area (Å²) in [5, 5.41) is -2.11. The molecule has 2 aliphatic rings. The van der Waals surface area contributed by atoms with Crippen LogP contribution in [0.1, 0.15) is 41.4 Å². The van der Waals surface area contributed by atoms with Gasteiger partial charge in [-0.2, -0.15) is 0 Å². The molecule has 17 heteroatoms. The van der Waals surface area contributed by atoms with E-state index in [1.54, 1.807) is 0 Å². The number of hydrogen-bond acceptors (Lipinski definition) is 6. The molecule has 0 aromatic heterocycles. The van der Waals surface area contributed by atoms with Crippen molar-refractivity contribution in [2.45, 2.75) is 9.79 Å². The van der Waals surface area contributed by atoms with Gasteiger partial charge in [-0.15, -0.1) is 0 Å². The van der Waals surface area contributed by atoms with Gasteiger partial charge in [0, 0.05) is 0 Å². The van der Waals surface area contributed by atoms with Gasteiger partial charge in [0.2, 0.25) is 9.84 Å². The highest BCUT2D eigenvalue weighted by atomic mass is 35.5. The van der Waals surface area contributed by atoms with Crippen molar-refractivity contribution >= 4 is 138 Å². The topological polar surface area (TPSA) is 109 Å². The summed E-state index contributed by atoms with van der Waals surface area (Å²) in [6.07, 6.45) is 0. The van der Waals surface area contributed by atoms with Crippen molar-refractivity contribution in [2.24, 2.45) is 0 Å². The quantitative estimate of drug-likeness (QED) is 0.191. The van der Waals surface area contributed by atoms with Gasteiger partial charge in [-0.05, 0) is 48.5 Å². The minimum Gasteiger partial charge on any atom is -0.268 e. The molecule has 4 aromatic carbocycles. The van der Waals surface area contributed by atoms with E-state index >= 15 is 0 Å². The Labute approximate surface area is 293 Å². The van der Waals surface area contributed by atoms with Crippen molar-refractivity contribution in [3.8, 4) is 0 Å². The van der Waals surface area contributed by atoms with E-state index in [1.807, 2.05) is 0 Å². The van der Waals surface area contributed by atoms with Gasteiger partial charge < -0.3 is 0 Å². The molecule has 0 fully saturated rings. The van der Waals surface area contributed by atoms with E-state index in [0.29, 0.717) is 0 Å². The lowest BCUT2D eigenvalue weighted by Gasteiger charge is -2.19. The first-order valence-electron chi connectivity index (χ1n) is 12.0. The number of sulfone groups is 1. The molecule has 0 aliphatic carbocycles. The van der Waals surface area contributed by atoms with Crippen molar-refractivity contribution in [3.63, 3.8) is 0 Å². The number of halogens is 8. The fourth-order valence-corrected chi connectivity index (χ4v) is 9.40. The highest BCUT2D eigenvalue weighted by Gasteiger charge is 2.42. The number of hydrogen-bond donors (Lipinski definition) is 0. The molecule has 0 unspecified atom stereocenters. The van der Waals surface area contributed by atoms with Crippen LogP contribution < -0.4 is 9.80 Å². The summed E-state index contributed by atoms with van der Waals surface area (Å²) in [5.41, 5.74) is -0.639. The van der Waals surface area contributed by atoms with Crippen molar-refractivity contribution in [1.29, 1.82) is 0 Å². The Hall–Kier alpha value is -2.57. The second-order valence-electron chi connectivity index (χ2n) is 9.44. The van der Waals surface area contributed by atoms with Gasteiger partial charge in [-0.1, -0.05) is 92.8 Å². The Morgan fingerprint density at radius 2 is 0.756 bits per heavy atom. The summed E-state index contributed by atoms with van der Waals surface area (Å²) in [6.45, 7) is 0. The monoisotopic (exact) mass is 780 g/mol. The third kappa shape index (κ3) is 4.83. The van der Waals surface area contributed by atoms with E-state index < -0.39 is 63.3 Å². The predicted octanol–water partition coefficient (Wildman–Crippen LogP) is 9.35. The van der Waals surface area contributed by atoms with Crippen LogP contribution in [-0.4, -0.2) is 32.0 Å². The first-order valence-corrected chi connectivity index (χ1v) is 16.5. The van der Waals surface area contributed by atoms with Crippen molar-refractivity contribution in [3.05, 3.63) is 111 Å². The third-order valence-corrected chi connectivity index (χ3v) is 12.1. The second kappa shape index (κ2) is 11.3. The number of amides is 4. The number of imide groups is 2. The smallest absolute Gasteiger partial charge is 0.267 e. The van der Waals surface area contributed by atoms with Crippen molar-refractivity contribution < 1.29 is 27.6 Å². The summed E-state index contributed by atoms with van der Waals surface area (Å²) >= 11 is 49.9. The lowest BCUT2D eigenvalue weighted by atomic mass is 10.1. The van der Waals surface area contributed by atoms with Crippen LogP contribution in [0.2, 0.25) is 40.2 Å². The van der Waals surface area contributed by atoms with Gasteiger partial charge in [0.25, 0.3) is 23.6 Å². The van der Waals surface area contributed by atoms with Crippen LogP contribution in [0.3, 0.4) is 0 Å². The van der Waals surface area contributed by atoms with Crippen LogP contribution in [0.4, 0.5) is 11.4 Å². The molecule has 2 aliphatic heterocycles. The molecule has 45 heavy (non-hydrogen) atoms. The highest BCUT2D eigenvalue weighted by Crippen LogP contribution is 2.46. The first-order chi connectivity index (χ1) is 21.1. The van der Waals surface area contributed by atoms with E-state index in [1.165, 1.54) is 24.3 Å². The Bertz CT molecular complexity index is 2030. The highest BCUT2D eigenvalue weighted by molar-refractivity contribution is 7.92. The maximum absolute atomic E-state index is 13.9. The fraction of sp³-hybridized carbons (Fsp3) is 0. The van der Waals surface area contributed by atoms with Crippen LogP contribution in [0.5, 0.6) is 0 Å². The van der Waals surface area contributed by atoms with E-state index in [0.717, 1.165) is 34.1 Å². The molecule has 0 N–H and O–H groups in total. The van der Waals surface area contributed by atoms with Gasteiger partial charge >= 0.3 is 0 Å². The van der Waals surface area contributed by atoms with Crippen molar-refractivity contribution in [1.82, 2.24) is 0 Å². The maximum atomic E-state index is 13.9. The summed E-state index contributed by atoms with van der Waals surface area (Å²) in [5.74, 6) is -3.20. The maximum Gasteiger partial charge on any atom is 0.267 e. The zero-order valence-electron chi connectivity index (χ0n) is 21.4. The van der Waals surface area contributed by atoms with Gasteiger partial charge in [0.1, 0.15) is 9.79 Å². The summed E-state index contributed by atoms with van der Waals surface area (Å²) in [7, 11) is -4.71. The standard InChI is InChI=1S/C28H8Cl8N2O6S/c29-13-3-1-11-19(21(13)35)27(41)37(25(11)39)9-5-15(31)23(16(32)6-9)45(43,44)24-17(33)7-10(8-18(24)34)38-26(40)12-2-4-14(30)22(36)20(12)28(38)42/h1-8H. The molecule has 0 saturated carbocycles. The molecule has 0 saturated heterocycles. The Balaban J connectivity index is 1.39. The molecule has 2 heterocycles. The van der Waals surface area contributed by atoms with Crippen LogP contribution in [0, 0.1) is 0 Å². The van der Waals surface area contributed by atoms with Gasteiger partial charge in [-0.25, -0.2) is 18.2 Å². The average Bonchev–Trinajstić information content (AvgIpc) is 3.35. The molecule has 6 rings (SSSR count). The number of rotatable bonds is 4. The van der Waals surface area contributed by atoms with E-state index in [9.17, 15) is 27.6 Å². The Morgan fingerprint density at radius 3 is 1.07 bits per heavy atom.